The van der Waals surface area contributed by atoms with Gasteiger partial charge in [0.05, 0.1) is 65.6 Å². The monoisotopic (exact) mass is 2060 g/mol. The number of hydrogen-bond donors (Lipinski definition) is 10. The lowest BCUT2D eigenvalue weighted by atomic mass is 9.93. The molecule has 30 nitrogen and oxygen atoms in total. The first-order chi connectivity index (χ1) is 72.4. The smallest absolute Gasteiger partial charge is 0.184 e. The molecule has 0 aliphatic carbocycles. The van der Waals surface area contributed by atoms with Gasteiger partial charge in [-0.3, -0.25) is 0 Å². The van der Waals surface area contributed by atoms with Gasteiger partial charge < -0.3 is 146 Å². The number of fused-ring (bicyclic) bond motifs is 5. The van der Waals surface area contributed by atoms with Gasteiger partial charge in [-0.2, -0.15) is 0 Å². The molecule has 10 fully saturated rings. The fourth-order valence-corrected chi connectivity index (χ4v) is 19.8. The molecule has 149 heavy (non-hydrogen) atoms. The van der Waals surface area contributed by atoms with Gasteiger partial charge in [0, 0.05) is 55.6 Å². The summed E-state index contributed by atoms with van der Waals surface area (Å²) in [5, 5.41) is 100. The van der Waals surface area contributed by atoms with Crippen LogP contribution in [0.1, 0.15) is 234 Å². The molecule has 30 heteroatoms. The van der Waals surface area contributed by atoms with Crippen LogP contribution in [0.2, 0.25) is 0 Å². The van der Waals surface area contributed by atoms with Crippen molar-refractivity contribution in [1.82, 2.24) is 0 Å². The van der Waals surface area contributed by atoms with Crippen molar-refractivity contribution in [3.8, 4) is 0 Å². The van der Waals surface area contributed by atoms with E-state index in [-0.39, 0.29) is 6.10 Å². The third kappa shape index (κ3) is 28.2. The number of aliphatic hydroxyl groups excluding tert-OH is 10. The van der Waals surface area contributed by atoms with Crippen LogP contribution in [0.4, 0.5) is 0 Å². The Balaban J connectivity index is 0.000000133. The Morgan fingerprint density at radius 1 is 0.228 bits per heavy atom. The van der Waals surface area contributed by atoms with E-state index in [2.05, 4.69) is 77.9 Å². The number of aryl methyl sites for hydroxylation is 10. The quantitative estimate of drug-likeness (QED) is 0.0218. The number of ether oxygens (including phenoxy) is 20. The van der Waals surface area contributed by atoms with Crippen LogP contribution in [0.5, 0.6) is 0 Å². The zero-order valence-electron chi connectivity index (χ0n) is 86.6. The van der Waals surface area contributed by atoms with Crippen molar-refractivity contribution in [2.75, 3.05) is 59.5 Å². The van der Waals surface area contributed by atoms with E-state index in [1.165, 1.54) is 33.4 Å². The first kappa shape index (κ1) is 113. The molecule has 0 spiro atoms. The van der Waals surface area contributed by atoms with Crippen LogP contribution < -0.4 is 0 Å². The number of hydrogen-bond acceptors (Lipinski definition) is 30. The third-order valence-electron chi connectivity index (χ3n) is 28.8. The van der Waals surface area contributed by atoms with E-state index in [4.69, 9.17) is 94.7 Å². The summed E-state index contributed by atoms with van der Waals surface area (Å²) in [6.07, 6.45) is -12.5. The summed E-state index contributed by atoms with van der Waals surface area (Å²) < 4.78 is 122. The molecule has 0 saturated carbocycles. The molecule has 10 aliphatic heterocycles. The van der Waals surface area contributed by atoms with Gasteiger partial charge in [0.25, 0.3) is 0 Å². The molecular weight excluding hydrogens is 1910 g/mol. The predicted octanol–water partition coefficient (Wildman–Crippen LogP) is 15.7. The Kier molecular flexibility index (Phi) is 41.0. The van der Waals surface area contributed by atoms with E-state index in [1.54, 1.807) is 0 Å². The molecule has 10 aliphatic rings. The van der Waals surface area contributed by atoms with Crippen molar-refractivity contribution in [1.29, 1.82) is 0 Å². The molecular formula is C119H148O30. The molecule has 10 N–H and O–H groups in total. The summed E-state index contributed by atoms with van der Waals surface area (Å²) in [6.45, 7) is 22.0. The van der Waals surface area contributed by atoms with E-state index in [0.717, 1.165) is 129 Å². The van der Waals surface area contributed by atoms with Crippen LogP contribution >= 0.6 is 0 Å². The maximum Gasteiger partial charge on any atom is 0.184 e. The Morgan fingerprint density at radius 2 is 0.470 bits per heavy atom. The maximum atomic E-state index is 10.7. The van der Waals surface area contributed by atoms with Crippen molar-refractivity contribution in [2.45, 2.75) is 319 Å². The number of aliphatic hydroxyl groups is 10. The van der Waals surface area contributed by atoms with E-state index in [9.17, 15) is 51.1 Å². The minimum Gasteiger partial charge on any atom is -0.394 e. The van der Waals surface area contributed by atoms with Crippen LogP contribution in [0.25, 0.3) is 0 Å². The summed E-state index contributed by atoms with van der Waals surface area (Å²) in [7, 11) is 0. The lowest BCUT2D eigenvalue weighted by Gasteiger charge is -2.50. The van der Waals surface area contributed by atoms with Gasteiger partial charge in [-0.05, 0) is 118 Å². The SMILES string of the molecule is CCCc1ccc(C2OC(C(O)CO)C3OC(c4ccc(CCC)cc4)OC(CCC)C3O2)cc1.CCc1ccc(C2OC3COC(c4ccc(CC)cc4)OC3C(C(O)CO)O2)cc1.Cc1ccc(C2OC3COC(c4ccc(C)c(C)c4)OC3C(C(O)CO)O2)cc1C.Cc1ccc(C2OC3COC(c4ccc(C)cc4)OC3C(C(O)CO)O2)cc1.OCC(O)C1OC(c2ccccc2)OC2COC(c3ccccc3)OC21. The van der Waals surface area contributed by atoms with Gasteiger partial charge in [-0.1, -0.05) is 308 Å². The van der Waals surface area contributed by atoms with Crippen LogP contribution in [0.3, 0.4) is 0 Å². The van der Waals surface area contributed by atoms with Gasteiger partial charge >= 0.3 is 0 Å². The van der Waals surface area contributed by atoms with E-state index in [0.29, 0.717) is 26.4 Å². The highest BCUT2D eigenvalue weighted by Gasteiger charge is 2.56. The van der Waals surface area contributed by atoms with Crippen molar-refractivity contribution >= 4 is 0 Å². The highest BCUT2D eigenvalue weighted by molar-refractivity contribution is 5.35. The summed E-state index contributed by atoms with van der Waals surface area (Å²) in [5.74, 6) is 0. The highest BCUT2D eigenvalue weighted by Crippen LogP contribution is 2.48. The van der Waals surface area contributed by atoms with Crippen LogP contribution in [0, 0.1) is 41.5 Å². The largest absolute Gasteiger partial charge is 0.394 e. The summed E-state index contributed by atoms with van der Waals surface area (Å²) in [5.41, 5.74) is 20.7. The zero-order valence-corrected chi connectivity index (χ0v) is 86.6. The lowest BCUT2D eigenvalue weighted by Crippen LogP contribution is -2.61. The highest BCUT2D eigenvalue weighted by atomic mass is 16.8. The Bertz CT molecular complexity index is 5670. The third-order valence-corrected chi connectivity index (χ3v) is 28.8. The number of rotatable bonds is 28. The van der Waals surface area contributed by atoms with Crippen LogP contribution in [-0.4, -0.2) is 239 Å². The summed E-state index contributed by atoms with van der Waals surface area (Å²) in [6, 6.07) is 79.4. The van der Waals surface area contributed by atoms with E-state index in [1.807, 2.05) is 241 Å². The molecule has 31 atom stereocenters. The molecule has 0 radical (unpaired) electrons. The van der Waals surface area contributed by atoms with E-state index < -0.39 is 218 Å². The molecule has 804 valence electrons. The van der Waals surface area contributed by atoms with Gasteiger partial charge in [-0.25, -0.2) is 0 Å². The summed E-state index contributed by atoms with van der Waals surface area (Å²) >= 11 is 0. The minimum absolute atomic E-state index is 0.224. The molecule has 0 aromatic heterocycles. The Morgan fingerprint density at radius 3 is 0.772 bits per heavy atom. The van der Waals surface area contributed by atoms with Crippen molar-refractivity contribution < 1.29 is 146 Å². The molecule has 10 aromatic carbocycles. The molecule has 10 aromatic rings. The van der Waals surface area contributed by atoms with Crippen molar-refractivity contribution in [2.24, 2.45) is 0 Å². The molecule has 10 heterocycles. The standard InChI is InChI=1S/C29H40O6.2C24H30O6.C22H26O6.C20H22O6/c1-4-7-19-10-14-21(15-11-19)28-32-24(9-6-3)26-27(35-28)25(23(31)18-30)33-29(34-26)22-16-12-20(8-5-2)13-17-22;1-13-5-7-17(9-15(13)3)23-27-12-20-22(30-23)21(19(26)11-25)29-24(28-20)18-8-6-14(2)16(4)10-18;1-3-15-5-9-17(10-6-15)23-27-14-20-22(30-23)21(19(26)13-25)29-24(28-20)18-11-7-16(4-2)8-12-18;1-13-3-7-15(8-4-13)21-25-12-18-20(28-21)19(17(24)11-23)27-22(26-18)16-9-5-14(2)6-10-16;21-11-15(22)17-18-16(24-20(25-17)14-9-5-2-6-10-14)12-23-19(26-18)13-7-3-1-4-8-13/h10-17,23-31H,4-9,18H2,1-3H3;5-10,19-26H,11-12H2,1-4H3;5-12,19-26H,3-4,13-14H2,1-2H3;3-10,17-24H,11-12H2,1-2H3;1-10,15-22H,11-12H2. The predicted molar refractivity (Wildman–Crippen MR) is 549 cm³/mol. The summed E-state index contributed by atoms with van der Waals surface area (Å²) in [4.78, 5) is 0. The van der Waals surface area contributed by atoms with Crippen LogP contribution in [0.15, 0.2) is 243 Å². The molecule has 20 rings (SSSR count). The fraction of sp³-hybridized carbons (Fsp3) is 0.496. The van der Waals surface area contributed by atoms with Gasteiger partial charge in [0.2, 0.25) is 0 Å². The first-order valence-electron chi connectivity index (χ1n) is 52.5. The molecule has 0 bridgehead atoms. The average molecular weight is 2060 g/mol. The van der Waals surface area contributed by atoms with E-state index >= 15 is 0 Å². The van der Waals surface area contributed by atoms with Gasteiger partial charge in [-0.15, -0.1) is 0 Å². The maximum absolute atomic E-state index is 10.7. The minimum atomic E-state index is -1.10. The normalized spacial score (nSPS) is 30.6. The average Bonchev–Trinajstić information content (AvgIpc) is 0.742. The molecule has 31 unspecified atom stereocenters. The zero-order chi connectivity index (χ0) is 105. The van der Waals surface area contributed by atoms with Crippen LogP contribution in [-0.2, 0) is 120 Å². The van der Waals surface area contributed by atoms with Gasteiger partial charge in [0.15, 0.2) is 62.9 Å². The fourth-order valence-electron chi connectivity index (χ4n) is 19.8. The Hall–Kier alpha value is -9.00. The Labute approximate surface area is 873 Å². The second kappa shape index (κ2) is 54.2. The van der Waals surface area contributed by atoms with Crippen molar-refractivity contribution in [3.05, 3.63) is 354 Å². The second-order valence-electron chi connectivity index (χ2n) is 39.7. The second-order valence-corrected chi connectivity index (χ2v) is 39.7. The molecule has 10 saturated heterocycles. The molecule has 0 amide bonds. The lowest BCUT2D eigenvalue weighted by molar-refractivity contribution is -0.391. The number of benzene rings is 10. The van der Waals surface area contributed by atoms with Crippen molar-refractivity contribution in [3.63, 3.8) is 0 Å². The first-order valence-corrected chi connectivity index (χ1v) is 52.5. The van der Waals surface area contributed by atoms with Gasteiger partial charge in [0.1, 0.15) is 122 Å². The topological polar surface area (TPSA) is 387 Å².